The minimum atomic E-state index is -1.08. The van der Waals surface area contributed by atoms with Crippen LogP contribution >= 0.6 is 22.9 Å². The van der Waals surface area contributed by atoms with Crippen LogP contribution in [0, 0.1) is 0 Å². The number of pyridine rings is 2. The molecule has 43 heavy (non-hydrogen) atoms. The van der Waals surface area contributed by atoms with Crippen LogP contribution in [0.25, 0.3) is 0 Å². The van der Waals surface area contributed by atoms with Crippen LogP contribution in [0.5, 0.6) is 0 Å². The van der Waals surface area contributed by atoms with Crippen molar-refractivity contribution >= 4 is 58.0 Å². The van der Waals surface area contributed by atoms with Gasteiger partial charge in [-0.3, -0.25) is 24.2 Å². The highest BCUT2D eigenvalue weighted by Gasteiger charge is 2.26. The van der Waals surface area contributed by atoms with Gasteiger partial charge in [-0.25, -0.2) is 4.98 Å². The summed E-state index contributed by atoms with van der Waals surface area (Å²) in [7, 11) is 0. The summed E-state index contributed by atoms with van der Waals surface area (Å²) in [6.45, 7) is 1.98. The van der Waals surface area contributed by atoms with Gasteiger partial charge in [0.15, 0.2) is 0 Å². The first-order valence-corrected chi connectivity index (χ1v) is 14.6. The number of halogens is 1. The molecule has 1 aromatic carbocycles. The molecule has 1 aliphatic heterocycles. The first-order chi connectivity index (χ1) is 20.8. The second kappa shape index (κ2) is 13.4. The number of nitrogens with one attached hydrogen (secondary N) is 2. The Bertz CT molecular complexity index is 1610. The molecule has 1 aliphatic rings. The molecule has 5 rings (SSSR count). The van der Waals surface area contributed by atoms with Crippen molar-refractivity contribution in [2.75, 3.05) is 36.4 Å². The van der Waals surface area contributed by atoms with E-state index >= 15 is 0 Å². The Kier molecular flexibility index (Phi) is 9.28. The summed E-state index contributed by atoms with van der Waals surface area (Å²) in [5.74, 6) is -2.06. The van der Waals surface area contributed by atoms with E-state index in [1.165, 1.54) is 29.8 Å². The first-order valence-electron chi connectivity index (χ1n) is 13.4. The zero-order valence-corrected chi connectivity index (χ0v) is 24.3. The number of benzene rings is 1. The van der Waals surface area contributed by atoms with Crippen molar-refractivity contribution in [2.45, 2.75) is 12.5 Å². The van der Waals surface area contributed by atoms with Gasteiger partial charge in [0.25, 0.3) is 17.7 Å². The number of carboxylic acids is 1. The second-order valence-electron chi connectivity index (χ2n) is 9.72. The second-order valence-corrected chi connectivity index (χ2v) is 11.1. The van der Waals surface area contributed by atoms with Gasteiger partial charge in [0.2, 0.25) is 0 Å². The van der Waals surface area contributed by atoms with E-state index in [1.807, 2.05) is 16.3 Å². The number of amides is 3. The number of carbonyl (C=O) groups excluding carboxylic acids is 3. The van der Waals surface area contributed by atoms with Crippen molar-refractivity contribution in [2.24, 2.45) is 0 Å². The van der Waals surface area contributed by atoms with Crippen molar-refractivity contribution in [3.63, 3.8) is 0 Å². The number of carboxylic acid groups (broad SMARTS) is 1. The van der Waals surface area contributed by atoms with Crippen LogP contribution in [-0.4, -0.2) is 69.8 Å². The van der Waals surface area contributed by atoms with Gasteiger partial charge < -0.3 is 25.5 Å². The SMILES string of the molecule is O=C(O)CC(NC(=O)c1ccc(N2CCN(C(=O)c3cccs3)CC2)c(NC(=O)c2ccc(Cl)nc2)c1)c1cccnc1. The third-order valence-electron chi connectivity index (χ3n) is 6.91. The van der Waals surface area contributed by atoms with Gasteiger partial charge in [-0.05, 0) is 53.4 Å². The van der Waals surface area contributed by atoms with Crippen LogP contribution in [0.1, 0.15) is 48.4 Å². The van der Waals surface area contributed by atoms with Gasteiger partial charge in [0, 0.05) is 50.3 Å². The smallest absolute Gasteiger partial charge is 0.305 e. The van der Waals surface area contributed by atoms with E-state index in [0.717, 1.165) is 0 Å². The van der Waals surface area contributed by atoms with Crippen molar-refractivity contribution in [3.05, 3.63) is 105 Å². The van der Waals surface area contributed by atoms with Gasteiger partial charge in [0.1, 0.15) is 5.15 Å². The molecule has 1 unspecified atom stereocenters. The molecule has 1 atom stereocenters. The molecule has 0 spiro atoms. The lowest BCUT2D eigenvalue weighted by molar-refractivity contribution is -0.137. The summed E-state index contributed by atoms with van der Waals surface area (Å²) < 4.78 is 0. The molecule has 4 heterocycles. The largest absolute Gasteiger partial charge is 0.481 e. The number of nitrogens with zero attached hydrogens (tertiary/aromatic N) is 4. The standard InChI is InChI=1S/C30H27ClN6O5S/c31-26-8-6-21(18-33-26)29(41)35-23-15-19(28(40)34-22(16-27(38)39)20-3-1-9-32-17-20)5-7-24(23)36-10-12-37(13-11-36)30(42)25-4-2-14-43-25/h1-9,14-15,17-18,22H,10-13,16H2,(H,34,40)(H,35,41)(H,38,39). The zero-order chi connectivity index (χ0) is 30.3. The molecule has 0 radical (unpaired) electrons. The van der Waals surface area contributed by atoms with Gasteiger partial charge in [-0.1, -0.05) is 23.7 Å². The predicted octanol–water partition coefficient (Wildman–Crippen LogP) is 4.35. The fourth-order valence-electron chi connectivity index (χ4n) is 4.71. The van der Waals surface area contributed by atoms with Crippen LogP contribution in [-0.2, 0) is 4.79 Å². The molecule has 4 aromatic rings. The van der Waals surface area contributed by atoms with Crippen molar-refractivity contribution in [1.82, 2.24) is 20.2 Å². The monoisotopic (exact) mass is 618 g/mol. The average molecular weight is 619 g/mol. The van der Waals surface area contributed by atoms with Gasteiger partial charge in [-0.15, -0.1) is 11.3 Å². The van der Waals surface area contributed by atoms with E-state index in [9.17, 15) is 24.3 Å². The quantitative estimate of drug-likeness (QED) is 0.235. The van der Waals surface area contributed by atoms with E-state index in [4.69, 9.17) is 11.6 Å². The van der Waals surface area contributed by atoms with Gasteiger partial charge in [0.05, 0.1) is 34.3 Å². The number of aliphatic carboxylic acids is 1. The predicted molar refractivity (Wildman–Crippen MR) is 163 cm³/mol. The Labute approximate surface area is 256 Å². The Morgan fingerprint density at radius 3 is 2.40 bits per heavy atom. The van der Waals surface area contributed by atoms with E-state index < -0.39 is 23.8 Å². The molecule has 220 valence electrons. The third kappa shape index (κ3) is 7.34. The van der Waals surface area contributed by atoms with Crippen LogP contribution in [0.2, 0.25) is 5.15 Å². The first kappa shape index (κ1) is 29.7. The van der Waals surface area contributed by atoms with Crippen LogP contribution in [0.3, 0.4) is 0 Å². The molecular weight excluding hydrogens is 592 g/mol. The van der Waals surface area contributed by atoms with Crippen molar-refractivity contribution in [3.8, 4) is 0 Å². The summed E-state index contributed by atoms with van der Waals surface area (Å²) in [4.78, 5) is 63.4. The zero-order valence-electron chi connectivity index (χ0n) is 22.8. The Morgan fingerprint density at radius 2 is 1.74 bits per heavy atom. The molecule has 1 fully saturated rings. The number of rotatable bonds is 9. The summed E-state index contributed by atoms with van der Waals surface area (Å²) in [6.07, 6.45) is 4.08. The van der Waals surface area contributed by atoms with E-state index in [2.05, 4.69) is 20.6 Å². The average Bonchev–Trinajstić information content (AvgIpc) is 3.56. The number of carbonyl (C=O) groups is 4. The molecule has 11 nitrogen and oxygen atoms in total. The topological polar surface area (TPSA) is 145 Å². The minimum Gasteiger partial charge on any atom is -0.481 e. The molecule has 3 aromatic heterocycles. The Balaban J connectivity index is 1.39. The van der Waals surface area contributed by atoms with Crippen LogP contribution < -0.4 is 15.5 Å². The summed E-state index contributed by atoms with van der Waals surface area (Å²) in [5.41, 5.74) is 2.09. The van der Waals surface area contributed by atoms with Crippen LogP contribution in [0.4, 0.5) is 11.4 Å². The molecule has 3 N–H and O–H groups in total. The maximum absolute atomic E-state index is 13.4. The van der Waals surface area contributed by atoms with Gasteiger partial charge in [-0.2, -0.15) is 0 Å². The number of aromatic nitrogens is 2. The van der Waals surface area contributed by atoms with Crippen molar-refractivity contribution in [1.29, 1.82) is 0 Å². The number of anilines is 2. The maximum Gasteiger partial charge on any atom is 0.305 e. The van der Waals surface area contributed by atoms with E-state index in [0.29, 0.717) is 48.0 Å². The molecule has 13 heteroatoms. The molecule has 0 saturated carbocycles. The molecule has 0 bridgehead atoms. The fraction of sp³-hybridized carbons (Fsp3) is 0.200. The van der Waals surface area contributed by atoms with Crippen LogP contribution in [0.15, 0.2) is 78.6 Å². The number of hydrogen-bond acceptors (Lipinski definition) is 8. The Morgan fingerprint density at radius 1 is 0.953 bits per heavy atom. The maximum atomic E-state index is 13.4. The normalized spacial score (nSPS) is 13.7. The minimum absolute atomic E-state index is 0.0186. The summed E-state index contributed by atoms with van der Waals surface area (Å²) in [6, 6.07) is 14.1. The number of piperazine rings is 1. The highest BCUT2D eigenvalue weighted by Crippen LogP contribution is 2.30. The lowest BCUT2D eigenvalue weighted by atomic mass is 10.0. The number of hydrogen-bond donors (Lipinski definition) is 3. The molecule has 3 amide bonds. The number of thiophene rings is 1. The molecular formula is C30H27ClN6O5S. The summed E-state index contributed by atoms with van der Waals surface area (Å²) >= 11 is 7.28. The lowest BCUT2D eigenvalue weighted by Crippen LogP contribution is -2.48. The lowest BCUT2D eigenvalue weighted by Gasteiger charge is -2.37. The van der Waals surface area contributed by atoms with E-state index in [-0.39, 0.29) is 28.6 Å². The molecule has 1 saturated heterocycles. The Hall–Kier alpha value is -4.81. The summed E-state index contributed by atoms with van der Waals surface area (Å²) in [5, 5.41) is 17.2. The fourth-order valence-corrected chi connectivity index (χ4v) is 5.52. The molecule has 0 aliphatic carbocycles. The highest BCUT2D eigenvalue weighted by molar-refractivity contribution is 7.12. The third-order valence-corrected chi connectivity index (χ3v) is 7.99. The van der Waals surface area contributed by atoms with Gasteiger partial charge >= 0.3 is 5.97 Å². The highest BCUT2D eigenvalue weighted by atomic mass is 35.5. The van der Waals surface area contributed by atoms with E-state index in [1.54, 1.807) is 53.6 Å². The van der Waals surface area contributed by atoms with Crippen molar-refractivity contribution < 1.29 is 24.3 Å².